The second-order valence-corrected chi connectivity index (χ2v) is 2.05. The molecule has 3 nitrogen and oxygen atoms in total. The van der Waals surface area contributed by atoms with Gasteiger partial charge in [-0.25, -0.2) is 0 Å². The molecule has 0 fully saturated rings. The van der Waals surface area contributed by atoms with Crippen LogP contribution in [0.5, 0.6) is 0 Å². The molecule has 0 spiro atoms. The van der Waals surface area contributed by atoms with Crippen molar-refractivity contribution in [3.05, 3.63) is 0 Å². The van der Waals surface area contributed by atoms with Crippen LogP contribution in [0.1, 0.15) is 13.8 Å². The maximum Gasteiger partial charge on any atom is 0.141 e. The minimum atomic E-state index is 0.727. The normalized spacial score (nSPS) is 18.9. The Kier molecular flexibility index (Phi) is 1.92. The Balaban J connectivity index is 2.50. The van der Waals surface area contributed by atoms with Gasteiger partial charge in [0.1, 0.15) is 12.4 Å². The second-order valence-electron chi connectivity index (χ2n) is 2.05. The van der Waals surface area contributed by atoms with Gasteiger partial charge in [0, 0.05) is 6.54 Å². The van der Waals surface area contributed by atoms with Crippen molar-refractivity contribution in [2.45, 2.75) is 13.8 Å². The lowest BCUT2D eigenvalue weighted by molar-refractivity contribution is 0.103. The average Bonchev–Trinajstić information content (AvgIpc) is 1.89. The fourth-order valence-electron chi connectivity index (χ4n) is 0.897. The molecular formula is C6H12N2O. The predicted octanol–water partition coefficient (Wildman–Crippen LogP) is 0.672. The van der Waals surface area contributed by atoms with Crippen molar-refractivity contribution in [2.24, 2.45) is 5.16 Å². The third kappa shape index (κ3) is 1.34. The van der Waals surface area contributed by atoms with Gasteiger partial charge in [0.15, 0.2) is 0 Å². The Morgan fingerprint density at radius 3 is 3.00 bits per heavy atom. The van der Waals surface area contributed by atoms with Gasteiger partial charge in [0.05, 0.1) is 6.54 Å². The highest BCUT2D eigenvalue weighted by molar-refractivity contribution is 5.79. The molecule has 0 atom stereocenters. The number of likely N-dealkylation sites (N-methyl/N-ethyl adjacent to an activating group) is 1. The standard InChI is InChI=1S/C6H12N2O/c1-3-8-4-5-9-7-6(8)2/h3-5H2,1-2H3. The van der Waals surface area contributed by atoms with Crippen molar-refractivity contribution >= 4 is 5.84 Å². The summed E-state index contributed by atoms with van der Waals surface area (Å²) in [7, 11) is 0. The van der Waals surface area contributed by atoms with Crippen molar-refractivity contribution < 1.29 is 4.84 Å². The number of rotatable bonds is 1. The Morgan fingerprint density at radius 1 is 1.78 bits per heavy atom. The van der Waals surface area contributed by atoms with E-state index < -0.39 is 0 Å². The molecule has 0 amide bonds. The zero-order valence-corrected chi connectivity index (χ0v) is 5.92. The van der Waals surface area contributed by atoms with Crippen LogP contribution in [-0.2, 0) is 4.84 Å². The third-order valence-electron chi connectivity index (χ3n) is 1.49. The molecular weight excluding hydrogens is 116 g/mol. The summed E-state index contributed by atoms with van der Waals surface area (Å²) in [6.07, 6.45) is 0. The number of amidine groups is 1. The minimum absolute atomic E-state index is 0.727. The fraction of sp³-hybridized carbons (Fsp3) is 0.833. The van der Waals surface area contributed by atoms with Gasteiger partial charge in [-0.2, -0.15) is 0 Å². The molecule has 0 aliphatic carbocycles. The molecule has 3 heteroatoms. The van der Waals surface area contributed by atoms with Crippen LogP contribution >= 0.6 is 0 Å². The summed E-state index contributed by atoms with van der Waals surface area (Å²) in [6.45, 7) is 6.81. The van der Waals surface area contributed by atoms with Gasteiger partial charge < -0.3 is 9.74 Å². The van der Waals surface area contributed by atoms with Crippen molar-refractivity contribution in [1.29, 1.82) is 0 Å². The van der Waals surface area contributed by atoms with Crippen LogP contribution in [0.2, 0.25) is 0 Å². The Bertz CT molecular complexity index is 122. The molecule has 1 rings (SSSR count). The van der Waals surface area contributed by atoms with Crippen LogP contribution in [0.25, 0.3) is 0 Å². The quantitative estimate of drug-likeness (QED) is 0.518. The summed E-state index contributed by atoms with van der Waals surface area (Å²) in [5, 5.41) is 3.82. The Labute approximate surface area is 55.3 Å². The first-order valence-corrected chi connectivity index (χ1v) is 3.26. The molecule has 0 unspecified atom stereocenters. The van der Waals surface area contributed by atoms with E-state index in [0.29, 0.717) is 0 Å². The van der Waals surface area contributed by atoms with Crippen LogP contribution < -0.4 is 0 Å². The lowest BCUT2D eigenvalue weighted by Gasteiger charge is -2.24. The highest BCUT2D eigenvalue weighted by Gasteiger charge is 2.08. The lowest BCUT2D eigenvalue weighted by Crippen LogP contribution is -2.35. The fourth-order valence-corrected chi connectivity index (χ4v) is 0.897. The molecule has 1 aliphatic rings. The van der Waals surface area contributed by atoms with Crippen molar-refractivity contribution in [2.75, 3.05) is 19.7 Å². The Morgan fingerprint density at radius 2 is 2.56 bits per heavy atom. The van der Waals surface area contributed by atoms with Crippen LogP contribution in [0.4, 0.5) is 0 Å². The molecule has 1 heterocycles. The van der Waals surface area contributed by atoms with E-state index in [2.05, 4.69) is 17.0 Å². The first-order chi connectivity index (χ1) is 4.34. The molecule has 52 valence electrons. The molecule has 0 bridgehead atoms. The van der Waals surface area contributed by atoms with Gasteiger partial charge in [0.2, 0.25) is 0 Å². The molecule has 0 aromatic carbocycles. The first kappa shape index (κ1) is 6.39. The Hall–Kier alpha value is -0.730. The number of nitrogens with zero attached hydrogens (tertiary/aromatic N) is 2. The van der Waals surface area contributed by atoms with Gasteiger partial charge in [-0.1, -0.05) is 5.16 Å². The van der Waals surface area contributed by atoms with Gasteiger partial charge in [-0.15, -0.1) is 0 Å². The van der Waals surface area contributed by atoms with Gasteiger partial charge in [-0.3, -0.25) is 0 Å². The van der Waals surface area contributed by atoms with E-state index in [4.69, 9.17) is 4.84 Å². The van der Waals surface area contributed by atoms with E-state index in [1.54, 1.807) is 0 Å². The monoisotopic (exact) mass is 128 g/mol. The van der Waals surface area contributed by atoms with Crippen LogP contribution in [0.3, 0.4) is 0 Å². The maximum atomic E-state index is 4.86. The third-order valence-corrected chi connectivity index (χ3v) is 1.49. The summed E-state index contributed by atoms with van der Waals surface area (Å²) in [5.41, 5.74) is 0. The second kappa shape index (κ2) is 2.71. The predicted molar refractivity (Wildman–Crippen MR) is 36.3 cm³/mol. The van der Waals surface area contributed by atoms with E-state index in [-0.39, 0.29) is 0 Å². The zero-order valence-electron chi connectivity index (χ0n) is 5.92. The molecule has 1 aliphatic heterocycles. The zero-order chi connectivity index (χ0) is 6.69. The number of hydrogen-bond donors (Lipinski definition) is 0. The van der Waals surface area contributed by atoms with Gasteiger partial charge in [-0.05, 0) is 13.8 Å². The topological polar surface area (TPSA) is 24.8 Å². The van der Waals surface area contributed by atoms with E-state index in [1.165, 1.54) is 0 Å². The molecule has 0 saturated carbocycles. The highest BCUT2D eigenvalue weighted by Crippen LogP contribution is 1.97. The summed E-state index contributed by atoms with van der Waals surface area (Å²) in [4.78, 5) is 7.04. The molecule has 0 radical (unpaired) electrons. The summed E-state index contributed by atoms with van der Waals surface area (Å²) in [5.74, 6) is 0.990. The first-order valence-electron chi connectivity index (χ1n) is 3.26. The molecule has 0 N–H and O–H groups in total. The molecule has 0 saturated heterocycles. The SMILES string of the molecule is CCN1CCON=C1C. The van der Waals surface area contributed by atoms with E-state index >= 15 is 0 Å². The lowest BCUT2D eigenvalue weighted by atomic mass is 10.4. The molecule has 9 heavy (non-hydrogen) atoms. The van der Waals surface area contributed by atoms with Crippen LogP contribution in [-0.4, -0.2) is 30.4 Å². The van der Waals surface area contributed by atoms with E-state index in [0.717, 1.165) is 25.5 Å². The smallest absolute Gasteiger partial charge is 0.141 e. The summed E-state index contributed by atoms with van der Waals surface area (Å²) < 4.78 is 0. The van der Waals surface area contributed by atoms with Crippen molar-refractivity contribution in [1.82, 2.24) is 4.90 Å². The molecule has 0 aromatic heterocycles. The highest BCUT2D eigenvalue weighted by atomic mass is 16.6. The summed E-state index contributed by atoms with van der Waals surface area (Å²) in [6, 6.07) is 0. The van der Waals surface area contributed by atoms with Crippen molar-refractivity contribution in [3.8, 4) is 0 Å². The van der Waals surface area contributed by atoms with Gasteiger partial charge >= 0.3 is 0 Å². The van der Waals surface area contributed by atoms with Crippen LogP contribution in [0, 0.1) is 0 Å². The van der Waals surface area contributed by atoms with E-state index in [1.807, 2.05) is 6.92 Å². The average molecular weight is 128 g/mol. The van der Waals surface area contributed by atoms with Crippen LogP contribution in [0.15, 0.2) is 5.16 Å². The van der Waals surface area contributed by atoms with Crippen molar-refractivity contribution in [3.63, 3.8) is 0 Å². The van der Waals surface area contributed by atoms with E-state index in [9.17, 15) is 0 Å². The number of hydrogen-bond acceptors (Lipinski definition) is 3. The number of oxime groups is 1. The minimum Gasteiger partial charge on any atom is -0.393 e. The summed E-state index contributed by atoms with van der Waals surface area (Å²) >= 11 is 0. The molecule has 0 aromatic rings. The van der Waals surface area contributed by atoms with Gasteiger partial charge in [0.25, 0.3) is 0 Å². The maximum absolute atomic E-state index is 4.86. The largest absolute Gasteiger partial charge is 0.393 e.